The summed E-state index contributed by atoms with van der Waals surface area (Å²) in [5.41, 5.74) is 1.33. The van der Waals surface area contributed by atoms with Crippen LogP contribution in [0.1, 0.15) is 37.8 Å². The normalized spacial score (nSPS) is 17.6. The largest absolute Gasteiger partial charge is 0.497 e. The van der Waals surface area contributed by atoms with Gasteiger partial charge in [0.2, 0.25) is 0 Å². The van der Waals surface area contributed by atoms with Gasteiger partial charge in [0.25, 0.3) is 0 Å². The van der Waals surface area contributed by atoms with Crippen LogP contribution >= 0.6 is 0 Å². The number of nitrogens with zero attached hydrogens (tertiary/aromatic N) is 2. The third kappa shape index (κ3) is 5.13. The van der Waals surface area contributed by atoms with Gasteiger partial charge in [-0.05, 0) is 50.6 Å². The van der Waals surface area contributed by atoms with Crippen LogP contribution in [-0.4, -0.2) is 51.2 Å². The fraction of sp³-hybridized carbons (Fsp3) is 0.611. The number of benzene rings is 1. The maximum atomic E-state index is 5.28. The average Bonchev–Trinajstić information content (AvgIpc) is 2.62. The van der Waals surface area contributed by atoms with E-state index in [1.54, 1.807) is 7.11 Å². The van der Waals surface area contributed by atoms with Crippen LogP contribution in [0.5, 0.6) is 5.75 Å². The van der Waals surface area contributed by atoms with Crippen molar-refractivity contribution >= 4 is 5.96 Å². The number of piperidine rings is 1. The lowest BCUT2D eigenvalue weighted by Crippen LogP contribution is -2.44. The van der Waals surface area contributed by atoms with Crippen LogP contribution in [0.2, 0.25) is 0 Å². The highest BCUT2D eigenvalue weighted by Crippen LogP contribution is 2.25. The molecule has 0 amide bonds. The van der Waals surface area contributed by atoms with Crippen LogP contribution in [0, 0.1) is 0 Å². The van der Waals surface area contributed by atoms with Crippen molar-refractivity contribution in [1.82, 2.24) is 15.5 Å². The molecular weight excluding hydrogens is 288 g/mol. The van der Waals surface area contributed by atoms with Crippen molar-refractivity contribution < 1.29 is 4.74 Å². The van der Waals surface area contributed by atoms with Crippen LogP contribution in [0.4, 0.5) is 0 Å². The van der Waals surface area contributed by atoms with Gasteiger partial charge >= 0.3 is 0 Å². The molecule has 1 unspecified atom stereocenters. The van der Waals surface area contributed by atoms with Crippen molar-refractivity contribution in [3.63, 3.8) is 0 Å². The zero-order valence-corrected chi connectivity index (χ0v) is 14.6. The summed E-state index contributed by atoms with van der Waals surface area (Å²) in [5.74, 6) is 1.77. The van der Waals surface area contributed by atoms with Crippen molar-refractivity contribution in [2.75, 3.05) is 40.3 Å². The molecule has 23 heavy (non-hydrogen) atoms. The Labute approximate surface area is 140 Å². The number of ether oxygens (including phenoxy) is 1. The lowest BCUT2D eigenvalue weighted by atomic mass is 10.0. The van der Waals surface area contributed by atoms with Gasteiger partial charge in [-0.2, -0.15) is 0 Å². The van der Waals surface area contributed by atoms with Crippen LogP contribution in [0.3, 0.4) is 0 Å². The molecule has 0 aromatic heterocycles. The Morgan fingerprint density at radius 2 is 1.87 bits per heavy atom. The summed E-state index contributed by atoms with van der Waals surface area (Å²) < 4.78 is 5.28. The molecule has 1 aliphatic rings. The van der Waals surface area contributed by atoms with Gasteiger partial charge in [-0.25, -0.2) is 0 Å². The fourth-order valence-electron chi connectivity index (χ4n) is 3.10. The van der Waals surface area contributed by atoms with Gasteiger partial charge in [-0.3, -0.25) is 9.89 Å². The summed E-state index contributed by atoms with van der Waals surface area (Å²) in [7, 11) is 3.52. The van der Waals surface area contributed by atoms with Crippen LogP contribution in [0.15, 0.2) is 29.3 Å². The number of hydrogen-bond donors (Lipinski definition) is 2. The van der Waals surface area contributed by atoms with E-state index < -0.39 is 0 Å². The Hall–Kier alpha value is -1.75. The van der Waals surface area contributed by atoms with Crippen molar-refractivity contribution in [2.24, 2.45) is 4.99 Å². The van der Waals surface area contributed by atoms with Crippen molar-refractivity contribution in [1.29, 1.82) is 0 Å². The van der Waals surface area contributed by atoms with Crippen molar-refractivity contribution in [3.8, 4) is 5.75 Å². The molecule has 5 heteroatoms. The highest BCUT2D eigenvalue weighted by atomic mass is 16.5. The number of rotatable bonds is 6. The summed E-state index contributed by atoms with van der Waals surface area (Å²) in [6, 6.07) is 8.80. The Morgan fingerprint density at radius 1 is 1.17 bits per heavy atom. The van der Waals surface area contributed by atoms with Gasteiger partial charge in [-0.1, -0.05) is 18.6 Å². The molecule has 1 aromatic carbocycles. The van der Waals surface area contributed by atoms with Crippen LogP contribution < -0.4 is 15.4 Å². The van der Waals surface area contributed by atoms with Gasteiger partial charge in [0.15, 0.2) is 5.96 Å². The second-order valence-corrected chi connectivity index (χ2v) is 5.87. The van der Waals surface area contributed by atoms with E-state index in [0.29, 0.717) is 6.04 Å². The molecule has 1 heterocycles. The number of guanidine groups is 1. The highest BCUT2D eigenvalue weighted by molar-refractivity contribution is 5.79. The number of methoxy groups -OCH3 is 1. The topological polar surface area (TPSA) is 48.9 Å². The van der Waals surface area contributed by atoms with Gasteiger partial charge < -0.3 is 15.4 Å². The number of aliphatic imine (C=N–C) groups is 1. The first-order chi connectivity index (χ1) is 11.3. The van der Waals surface area contributed by atoms with E-state index in [1.807, 2.05) is 19.2 Å². The molecule has 0 radical (unpaired) electrons. The molecule has 1 aliphatic heterocycles. The Bertz CT molecular complexity index is 480. The van der Waals surface area contributed by atoms with Crippen LogP contribution in [0.25, 0.3) is 0 Å². The summed E-state index contributed by atoms with van der Waals surface area (Å²) in [6.07, 6.45) is 3.92. The molecule has 1 saturated heterocycles. The first-order valence-corrected chi connectivity index (χ1v) is 8.61. The first kappa shape index (κ1) is 17.6. The maximum Gasteiger partial charge on any atom is 0.191 e. The quantitative estimate of drug-likeness (QED) is 0.625. The minimum atomic E-state index is 0.358. The van der Waals surface area contributed by atoms with E-state index >= 15 is 0 Å². The first-order valence-electron chi connectivity index (χ1n) is 8.61. The molecule has 1 atom stereocenters. The Kier molecular flexibility index (Phi) is 7.20. The predicted octanol–water partition coefficient (Wildman–Crippen LogP) is 2.41. The number of hydrogen-bond acceptors (Lipinski definition) is 3. The lowest BCUT2D eigenvalue weighted by molar-refractivity contribution is 0.164. The van der Waals surface area contributed by atoms with E-state index in [0.717, 1.165) is 37.9 Å². The van der Waals surface area contributed by atoms with Gasteiger partial charge in [0.05, 0.1) is 13.2 Å². The van der Waals surface area contributed by atoms with E-state index in [2.05, 4.69) is 39.6 Å². The molecule has 128 valence electrons. The lowest BCUT2D eigenvalue weighted by Gasteiger charge is -2.35. The molecule has 0 aliphatic carbocycles. The van der Waals surface area contributed by atoms with E-state index in [1.165, 1.54) is 24.8 Å². The standard InChI is InChI=1S/C18H30N4O/c1-4-20-18(19-2)21-14-17(22-12-6-5-7-13-22)15-8-10-16(23-3)11-9-15/h8-11,17H,4-7,12-14H2,1-3H3,(H2,19,20,21). The molecule has 2 N–H and O–H groups in total. The second-order valence-electron chi connectivity index (χ2n) is 5.87. The summed E-state index contributed by atoms with van der Waals surface area (Å²) in [4.78, 5) is 6.85. The number of likely N-dealkylation sites (tertiary alicyclic amines) is 1. The summed E-state index contributed by atoms with van der Waals surface area (Å²) in [5, 5.41) is 6.72. The van der Waals surface area contributed by atoms with E-state index in [4.69, 9.17) is 4.74 Å². The molecule has 0 bridgehead atoms. The fourth-order valence-corrected chi connectivity index (χ4v) is 3.10. The van der Waals surface area contributed by atoms with E-state index in [9.17, 15) is 0 Å². The Balaban J connectivity index is 2.10. The minimum Gasteiger partial charge on any atom is -0.497 e. The zero-order valence-electron chi connectivity index (χ0n) is 14.6. The molecule has 0 spiro atoms. The summed E-state index contributed by atoms with van der Waals surface area (Å²) >= 11 is 0. The minimum absolute atomic E-state index is 0.358. The third-order valence-corrected chi connectivity index (χ3v) is 4.36. The maximum absolute atomic E-state index is 5.28. The molecule has 1 aromatic rings. The zero-order chi connectivity index (χ0) is 16.5. The average molecular weight is 318 g/mol. The highest BCUT2D eigenvalue weighted by Gasteiger charge is 2.22. The van der Waals surface area contributed by atoms with Crippen LogP contribution in [-0.2, 0) is 0 Å². The predicted molar refractivity (Wildman–Crippen MR) is 96.2 cm³/mol. The summed E-state index contributed by atoms with van der Waals surface area (Å²) in [6.45, 7) is 6.14. The van der Waals surface area contributed by atoms with Crippen molar-refractivity contribution in [2.45, 2.75) is 32.2 Å². The molecule has 0 saturated carbocycles. The van der Waals surface area contributed by atoms with Gasteiger partial charge in [0, 0.05) is 20.1 Å². The van der Waals surface area contributed by atoms with Crippen molar-refractivity contribution in [3.05, 3.63) is 29.8 Å². The Morgan fingerprint density at radius 3 is 2.43 bits per heavy atom. The molecule has 2 rings (SSSR count). The SMILES string of the molecule is CCNC(=NC)NCC(c1ccc(OC)cc1)N1CCCCC1. The molecule has 5 nitrogen and oxygen atoms in total. The molecule has 1 fully saturated rings. The van der Waals surface area contributed by atoms with E-state index in [-0.39, 0.29) is 0 Å². The smallest absolute Gasteiger partial charge is 0.191 e. The monoisotopic (exact) mass is 318 g/mol. The van der Waals surface area contributed by atoms with Gasteiger partial charge in [-0.15, -0.1) is 0 Å². The molecular formula is C18H30N4O. The van der Waals surface area contributed by atoms with Gasteiger partial charge in [0.1, 0.15) is 5.75 Å². The second kappa shape index (κ2) is 9.40. The number of nitrogens with one attached hydrogen (secondary N) is 2. The third-order valence-electron chi connectivity index (χ3n) is 4.36.